The third kappa shape index (κ3) is 3.90. The summed E-state index contributed by atoms with van der Waals surface area (Å²) in [6.45, 7) is 5.02. The zero-order valence-corrected chi connectivity index (χ0v) is 14.9. The van der Waals surface area contributed by atoms with E-state index in [4.69, 9.17) is 11.6 Å². The lowest BCUT2D eigenvalue weighted by Gasteiger charge is -2.39. The Morgan fingerprint density at radius 1 is 1.38 bits per heavy atom. The largest absolute Gasteiger partial charge is 0.352 e. The molecule has 1 fully saturated rings. The van der Waals surface area contributed by atoms with Crippen molar-refractivity contribution in [1.29, 1.82) is 0 Å². The van der Waals surface area contributed by atoms with Gasteiger partial charge in [0.1, 0.15) is 0 Å². The van der Waals surface area contributed by atoms with E-state index in [1.165, 1.54) is 5.56 Å². The molecule has 128 valence electrons. The number of guanidine groups is 1. The van der Waals surface area contributed by atoms with Crippen molar-refractivity contribution in [3.05, 3.63) is 53.6 Å². The molecule has 0 radical (unpaired) electrons. The lowest BCUT2D eigenvalue weighted by atomic mass is 9.93. The summed E-state index contributed by atoms with van der Waals surface area (Å²) in [6.07, 6.45) is 6.95. The average molecular weight is 346 g/mol. The topological polar surface area (TPSA) is 45.5 Å². The minimum atomic E-state index is 0.426. The number of nitrogens with one attached hydrogen (secondary N) is 1. The van der Waals surface area contributed by atoms with Crippen LogP contribution < -0.4 is 5.32 Å². The van der Waals surface area contributed by atoms with Crippen LogP contribution >= 0.6 is 11.6 Å². The average Bonchev–Trinajstić information content (AvgIpc) is 3.12. The van der Waals surface area contributed by atoms with Crippen LogP contribution in [0.15, 0.2) is 48.0 Å². The van der Waals surface area contributed by atoms with Crippen molar-refractivity contribution in [3.8, 4) is 0 Å². The summed E-state index contributed by atoms with van der Waals surface area (Å²) >= 11 is 5.94. The van der Waals surface area contributed by atoms with Gasteiger partial charge in [-0.25, -0.2) is 4.98 Å². The lowest BCUT2D eigenvalue weighted by Crippen LogP contribution is -2.48. The first-order valence-electron chi connectivity index (χ1n) is 8.35. The Balaban J connectivity index is 1.64. The number of hydrogen-bond donors (Lipinski definition) is 1. The molecule has 2 aromatic rings. The number of rotatable bonds is 3. The normalized spacial score (nSPS) is 21.8. The van der Waals surface area contributed by atoms with Gasteiger partial charge in [-0.3, -0.25) is 4.99 Å². The van der Waals surface area contributed by atoms with Gasteiger partial charge in [-0.1, -0.05) is 30.7 Å². The van der Waals surface area contributed by atoms with E-state index in [0.717, 1.165) is 37.0 Å². The molecule has 0 bridgehead atoms. The third-order valence-electron chi connectivity index (χ3n) is 4.70. The van der Waals surface area contributed by atoms with Gasteiger partial charge in [-0.2, -0.15) is 0 Å². The molecule has 2 unspecified atom stereocenters. The predicted octanol–water partition coefficient (Wildman–Crippen LogP) is 3.20. The Bertz CT molecular complexity index is 665. The van der Waals surface area contributed by atoms with Crippen LogP contribution in [0.4, 0.5) is 0 Å². The van der Waals surface area contributed by atoms with Gasteiger partial charge in [0.15, 0.2) is 5.96 Å². The second-order valence-corrected chi connectivity index (χ2v) is 6.75. The van der Waals surface area contributed by atoms with E-state index < -0.39 is 0 Å². The summed E-state index contributed by atoms with van der Waals surface area (Å²) in [5.74, 6) is 1.58. The van der Waals surface area contributed by atoms with Crippen molar-refractivity contribution in [2.24, 2.45) is 10.9 Å². The van der Waals surface area contributed by atoms with Crippen LogP contribution in [0.2, 0.25) is 5.02 Å². The van der Waals surface area contributed by atoms with Gasteiger partial charge in [-0.05, 0) is 30.0 Å². The number of likely N-dealkylation sites (tertiary alicyclic amines) is 1. The fourth-order valence-electron chi connectivity index (χ4n) is 3.21. The zero-order valence-electron chi connectivity index (χ0n) is 14.2. The molecular formula is C18H24ClN5. The molecule has 0 saturated carbocycles. The SMILES string of the molecule is CN=C(NCc1ccc(Cl)cc1)N1CCC(C)C(n2ccnc2)C1. The van der Waals surface area contributed by atoms with Gasteiger partial charge in [0, 0.05) is 44.1 Å². The molecule has 1 aliphatic rings. The fraction of sp³-hybridized carbons (Fsp3) is 0.444. The number of nitrogens with zero attached hydrogens (tertiary/aromatic N) is 4. The molecule has 2 heterocycles. The summed E-state index contributed by atoms with van der Waals surface area (Å²) < 4.78 is 2.21. The first-order valence-corrected chi connectivity index (χ1v) is 8.72. The number of halogens is 1. The van der Waals surface area contributed by atoms with E-state index in [2.05, 4.69) is 37.9 Å². The van der Waals surface area contributed by atoms with Crippen LogP contribution in [-0.2, 0) is 6.54 Å². The molecular weight excluding hydrogens is 322 g/mol. The Kier molecular flexibility index (Phi) is 5.41. The molecule has 24 heavy (non-hydrogen) atoms. The molecule has 5 nitrogen and oxygen atoms in total. The molecule has 6 heteroatoms. The van der Waals surface area contributed by atoms with E-state index >= 15 is 0 Å². The smallest absolute Gasteiger partial charge is 0.193 e. The summed E-state index contributed by atoms with van der Waals surface area (Å²) in [5.41, 5.74) is 1.19. The highest BCUT2D eigenvalue weighted by Crippen LogP contribution is 2.27. The molecule has 0 aliphatic carbocycles. The number of imidazole rings is 1. The fourth-order valence-corrected chi connectivity index (χ4v) is 3.34. The number of hydrogen-bond acceptors (Lipinski definition) is 2. The molecule has 1 aromatic heterocycles. The van der Waals surface area contributed by atoms with Crippen molar-refractivity contribution in [2.75, 3.05) is 20.1 Å². The summed E-state index contributed by atoms with van der Waals surface area (Å²) in [4.78, 5) is 11.0. The van der Waals surface area contributed by atoms with E-state index in [1.807, 2.05) is 43.8 Å². The first kappa shape index (κ1) is 16.8. The van der Waals surface area contributed by atoms with Gasteiger partial charge in [0.25, 0.3) is 0 Å². The maximum atomic E-state index is 5.94. The molecule has 0 amide bonds. The summed E-state index contributed by atoms with van der Waals surface area (Å²) in [7, 11) is 1.84. The Morgan fingerprint density at radius 3 is 2.83 bits per heavy atom. The standard InChI is InChI=1S/C18H24ClN5/c1-14-7-9-23(12-17(14)24-10-8-21-13-24)18(20-2)22-11-15-3-5-16(19)6-4-15/h3-6,8,10,13-14,17H,7,9,11-12H2,1-2H3,(H,20,22). The highest BCUT2D eigenvalue weighted by molar-refractivity contribution is 6.30. The molecule has 3 rings (SSSR count). The van der Waals surface area contributed by atoms with Crippen LogP contribution in [0.25, 0.3) is 0 Å². The maximum absolute atomic E-state index is 5.94. The van der Waals surface area contributed by atoms with Gasteiger partial charge >= 0.3 is 0 Å². The highest BCUT2D eigenvalue weighted by Gasteiger charge is 2.28. The zero-order chi connectivity index (χ0) is 16.9. The van der Waals surface area contributed by atoms with E-state index in [-0.39, 0.29) is 0 Å². The molecule has 1 aliphatic heterocycles. The predicted molar refractivity (Wildman–Crippen MR) is 98.3 cm³/mol. The van der Waals surface area contributed by atoms with Crippen LogP contribution in [0.1, 0.15) is 24.9 Å². The monoisotopic (exact) mass is 345 g/mol. The van der Waals surface area contributed by atoms with Gasteiger partial charge in [0.2, 0.25) is 0 Å². The van der Waals surface area contributed by atoms with E-state index in [9.17, 15) is 0 Å². The second kappa shape index (κ2) is 7.71. The van der Waals surface area contributed by atoms with Crippen LogP contribution in [-0.4, -0.2) is 40.5 Å². The van der Waals surface area contributed by atoms with Crippen molar-refractivity contribution >= 4 is 17.6 Å². The Hall–Kier alpha value is -2.01. The van der Waals surface area contributed by atoms with Crippen molar-refractivity contribution in [1.82, 2.24) is 19.8 Å². The van der Waals surface area contributed by atoms with Gasteiger partial charge in [-0.15, -0.1) is 0 Å². The number of aliphatic imine (C=N–C) groups is 1. The number of benzene rings is 1. The Labute approximate surface area is 148 Å². The molecule has 0 spiro atoms. The van der Waals surface area contributed by atoms with E-state index in [0.29, 0.717) is 12.0 Å². The van der Waals surface area contributed by atoms with Crippen LogP contribution in [0.3, 0.4) is 0 Å². The molecule has 1 aromatic carbocycles. The second-order valence-electron chi connectivity index (χ2n) is 6.32. The van der Waals surface area contributed by atoms with Crippen molar-refractivity contribution in [2.45, 2.75) is 25.9 Å². The Morgan fingerprint density at radius 2 is 2.17 bits per heavy atom. The van der Waals surface area contributed by atoms with Crippen molar-refractivity contribution < 1.29 is 0 Å². The number of piperidine rings is 1. The number of aromatic nitrogens is 2. The molecule has 2 atom stereocenters. The summed E-state index contributed by atoms with van der Waals surface area (Å²) in [6, 6.07) is 8.33. The van der Waals surface area contributed by atoms with Crippen LogP contribution in [0, 0.1) is 5.92 Å². The third-order valence-corrected chi connectivity index (χ3v) is 4.95. The molecule has 1 N–H and O–H groups in total. The minimum absolute atomic E-state index is 0.426. The first-order chi connectivity index (χ1) is 11.7. The van der Waals surface area contributed by atoms with Gasteiger partial charge < -0.3 is 14.8 Å². The van der Waals surface area contributed by atoms with Crippen LogP contribution in [0.5, 0.6) is 0 Å². The van der Waals surface area contributed by atoms with Crippen molar-refractivity contribution in [3.63, 3.8) is 0 Å². The summed E-state index contributed by atoms with van der Waals surface area (Å²) in [5, 5.41) is 4.22. The quantitative estimate of drug-likeness (QED) is 0.686. The maximum Gasteiger partial charge on any atom is 0.193 e. The molecule has 1 saturated heterocycles. The van der Waals surface area contributed by atoms with E-state index in [1.54, 1.807) is 0 Å². The van der Waals surface area contributed by atoms with Gasteiger partial charge in [0.05, 0.1) is 12.4 Å². The highest BCUT2D eigenvalue weighted by atomic mass is 35.5. The minimum Gasteiger partial charge on any atom is -0.352 e. The lowest BCUT2D eigenvalue weighted by molar-refractivity contribution is 0.189.